The van der Waals surface area contributed by atoms with Crippen molar-refractivity contribution in [3.63, 3.8) is 0 Å². The Kier molecular flexibility index (Phi) is 7.94. The topological polar surface area (TPSA) is 49.6 Å². The number of nitrogens with zero attached hydrogens (tertiary/aromatic N) is 2. The van der Waals surface area contributed by atoms with Crippen molar-refractivity contribution in [2.24, 2.45) is 5.73 Å². The summed E-state index contributed by atoms with van der Waals surface area (Å²) in [6.07, 6.45) is 0.394. The molecule has 1 atom stereocenters. The zero-order chi connectivity index (χ0) is 23.4. The van der Waals surface area contributed by atoms with Crippen LogP contribution in [0.4, 0.5) is 0 Å². The monoisotopic (exact) mass is 501 g/mol. The molecule has 33 heavy (non-hydrogen) atoms. The molecule has 1 fully saturated rings. The highest BCUT2D eigenvalue weighted by molar-refractivity contribution is 6.35. The van der Waals surface area contributed by atoms with Gasteiger partial charge >= 0.3 is 0 Å². The van der Waals surface area contributed by atoms with E-state index < -0.39 is 6.04 Å². The summed E-state index contributed by atoms with van der Waals surface area (Å²) in [5.74, 6) is -0.0383. The Morgan fingerprint density at radius 1 is 0.848 bits per heavy atom. The predicted octanol–water partition coefficient (Wildman–Crippen LogP) is 5.53. The molecule has 2 N–H and O–H groups in total. The maximum absolute atomic E-state index is 12.9. The molecule has 1 aliphatic rings. The van der Waals surface area contributed by atoms with Crippen LogP contribution >= 0.6 is 34.8 Å². The number of amides is 1. The standard InChI is InChI=1S/C26H26Cl3N3O/c27-22-6-2-5-20(14-22)19-4-1-3-18(13-19)17-31-9-11-32(12-10-31)26(33)25(30)15-21-7-8-23(28)16-24(21)29/h1-8,13-14,16,25H,9-12,15,17,30H2. The minimum absolute atomic E-state index is 0.0383. The summed E-state index contributed by atoms with van der Waals surface area (Å²) in [6, 6.07) is 21.0. The number of hydrogen-bond acceptors (Lipinski definition) is 3. The average molecular weight is 503 g/mol. The van der Waals surface area contributed by atoms with Crippen LogP contribution in [-0.2, 0) is 17.8 Å². The van der Waals surface area contributed by atoms with Gasteiger partial charge in [-0.25, -0.2) is 0 Å². The molecule has 1 unspecified atom stereocenters. The molecule has 0 spiro atoms. The fraction of sp³-hybridized carbons (Fsp3) is 0.269. The highest BCUT2D eigenvalue weighted by Crippen LogP contribution is 2.25. The SMILES string of the molecule is NC(Cc1ccc(Cl)cc1Cl)C(=O)N1CCN(Cc2cccc(-c3cccc(Cl)c3)c2)CC1. The summed E-state index contributed by atoms with van der Waals surface area (Å²) >= 11 is 18.3. The van der Waals surface area contributed by atoms with Gasteiger partial charge in [0.25, 0.3) is 0 Å². The van der Waals surface area contributed by atoms with Crippen LogP contribution in [0.2, 0.25) is 15.1 Å². The van der Waals surface area contributed by atoms with E-state index in [1.807, 2.05) is 29.2 Å². The molecular formula is C26H26Cl3N3O. The smallest absolute Gasteiger partial charge is 0.239 e. The maximum atomic E-state index is 12.9. The van der Waals surface area contributed by atoms with Gasteiger partial charge in [0, 0.05) is 47.8 Å². The molecule has 0 bridgehead atoms. The minimum atomic E-state index is -0.621. The quantitative estimate of drug-likeness (QED) is 0.482. The van der Waals surface area contributed by atoms with Crippen LogP contribution in [0.5, 0.6) is 0 Å². The van der Waals surface area contributed by atoms with Gasteiger partial charge in [0.15, 0.2) is 0 Å². The van der Waals surface area contributed by atoms with E-state index >= 15 is 0 Å². The molecule has 0 aliphatic carbocycles. The van der Waals surface area contributed by atoms with Crippen molar-refractivity contribution in [2.45, 2.75) is 19.0 Å². The summed E-state index contributed by atoms with van der Waals surface area (Å²) < 4.78 is 0. The lowest BCUT2D eigenvalue weighted by Gasteiger charge is -2.36. The molecule has 0 saturated carbocycles. The van der Waals surface area contributed by atoms with E-state index in [9.17, 15) is 4.79 Å². The number of halogens is 3. The highest BCUT2D eigenvalue weighted by Gasteiger charge is 2.26. The summed E-state index contributed by atoms with van der Waals surface area (Å²) in [6.45, 7) is 3.77. The van der Waals surface area contributed by atoms with Crippen molar-refractivity contribution in [1.82, 2.24) is 9.80 Å². The minimum Gasteiger partial charge on any atom is -0.339 e. The van der Waals surface area contributed by atoms with Crippen molar-refractivity contribution in [3.05, 3.63) is 92.9 Å². The van der Waals surface area contributed by atoms with Crippen LogP contribution < -0.4 is 5.73 Å². The molecule has 1 heterocycles. The third-order valence-electron chi connectivity index (χ3n) is 5.95. The average Bonchev–Trinajstić information content (AvgIpc) is 2.81. The van der Waals surface area contributed by atoms with Crippen molar-refractivity contribution in [3.8, 4) is 11.1 Å². The van der Waals surface area contributed by atoms with Crippen LogP contribution in [0.3, 0.4) is 0 Å². The molecule has 0 radical (unpaired) electrons. The Balaban J connectivity index is 1.31. The summed E-state index contributed by atoms with van der Waals surface area (Å²) in [5, 5.41) is 1.84. The third-order valence-corrected chi connectivity index (χ3v) is 6.77. The molecule has 4 nitrogen and oxygen atoms in total. The van der Waals surface area contributed by atoms with E-state index in [1.54, 1.807) is 12.1 Å². The first-order valence-corrected chi connectivity index (χ1v) is 12.1. The van der Waals surface area contributed by atoms with Crippen LogP contribution in [0.25, 0.3) is 11.1 Å². The number of carbonyl (C=O) groups excluding carboxylic acids is 1. The van der Waals surface area contributed by atoms with Gasteiger partial charge in [-0.2, -0.15) is 0 Å². The lowest BCUT2D eigenvalue weighted by atomic mass is 10.0. The summed E-state index contributed by atoms with van der Waals surface area (Å²) in [4.78, 5) is 17.1. The van der Waals surface area contributed by atoms with Crippen LogP contribution in [0, 0.1) is 0 Å². The fourth-order valence-electron chi connectivity index (χ4n) is 4.15. The predicted molar refractivity (Wildman–Crippen MR) is 137 cm³/mol. The van der Waals surface area contributed by atoms with Crippen molar-refractivity contribution in [1.29, 1.82) is 0 Å². The zero-order valence-electron chi connectivity index (χ0n) is 18.2. The van der Waals surface area contributed by atoms with E-state index in [4.69, 9.17) is 40.5 Å². The Bertz CT molecular complexity index is 1130. The number of nitrogens with two attached hydrogens (primary N) is 1. The van der Waals surface area contributed by atoms with Crippen LogP contribution in [-0.4, -0.2) is 47.9 Å². The molecular weight excluding hydrogens is 477 g/mol. The van der Waals surface area contributed by atoms with E-state index in [2.05, 4.69) is 35.2 Å². The van der Waals surface area contributed by atoms with Gasteiger partial charge < -0.3 is 10.6 Å². The number of carbonyl (C=O) groups is 1. The second kappa shape index (κ2) is 10.9. The molecule has 3 aromatic carbocycles. The second-order valence-electron chi connectivity index (χ2n) is 8.36. The largest absolute Gasteiger partial charge is 0.339 e. The normalized spacial score (nSPS) is 15.5. The highest BCUT2D eigenvalue weighted by atomic mass is 35.5. The summed E-state index contributed by atoms with van der Waals surface area (Å²) in [5.41, 5.74) is 10.5. The van der Waals surface area contributed by atoms with Crippen molar-refractivity contribution < 1.29 is 4.79 Å². The first-order chi connectivity index (χ1) is 15.9. The van der Waals surface area contributed by atoms with Crippen molar-refractivity contribution in [2.75, 3.05) is 26.2 Å². The maximum Gasteiger partial charge on any atom is 0.239 e. The molecule has 4 rings (SSSR count). The fourth-order valence-corrected chi connectivity index (χ4v) is 4.82. The molecule has 1 amide bonds. The lowest BCUT2D eigenvalue weighted by Crippen LogP contribution is -2.53. The Labute approximate surface area is 209 Å². The molecule has 172 valence electrons. The van der Waals surface area contributed by atoms with Crippen molar-refractivity contribution >= 4 is 40.7 Å². The summed E-state index contributed by atoms with van der Waals surface area (Å²) in [7, 11) is 0. The van der Waals surface area contributed by atoms with E-state index in [0.29, 0.717) is 29.6 Å². The van der Waals surface area contributed by atoms with Gasteiger partial charge in [0.05, 0.1) is 6.04 Å². The van der Waals surface area contributed by atoms with Crippen LogP contribution in [0.15, 0.2) is 66.7 Å². The van der Waals surface area contributed by atoms with Gasteiger partial charge in [0.1, 0.15) is 0 Å². The van der Waals surface area contributed by atoms with Gasteiger partial charge in [-0.15, -0.1) is 0 Å². The zero-order valence-corrected chi connectivity index (χ0v) is 20.5. The van der Waals surface area contributed by atoms with Gasteiger partial charge in [0.2, 0.25) is 5.91 Å². The molecule has 1 saturated heterocycles. The van der Waals surface area contributed by atoms with Gasteiger partial charge in [-0.1, -0.05) is 71.2 Å². The van der Waals surface area contributed by atoms with E-state index in [0.717, 1.165) is 41.3 Å². The second-order valence-corrected chi connectivity index (χ2v) is 9.64. The van der Waals surface area contributed by atoms with Gasteiger partial charge in [-0.3, -0.25) is 9.69 Å². The Morgan fingerprint density at radius 2 is 1.52 bits per heavy atom. The molecule has 7 heteroatoms. The van der Waals surface area contributed by atoms with Crippen LogP contribution in [0.1, 0.15) is 11.1 Å². The molecule has 1 aliphatic heterocycles. The first-order valence-electron chi connectivity index (χ1n) is 10.9. The Hall–Kier alpha value is -2.08. The van der Waals surface area contributed by atoms with E-state index in [-0.39, 0.29) is 5.91 Å². The number of rotatable bonds is 6. The lowest BCUT2D eigenvalue weighted by molar-refractivity contribution is -0.134. The van der Waals surface area contributed by atoms with Gasteiger partial charge in [-0.05, 0) is 59.0 Å². The number of benzene rings is 3. The first kappa shape index (κ1) is 24.1. The van der Waals surface area contributed by atoms with E-state index in [1.165, 1.54) is 5.56 Å². The third kappa shape index (κ3) is 6.28. The Morgan fingerprint density at radius 3 is 2.21 bits per heavy atom. The molecule has 0 aromatic heterocycles. The number of hydrogen-bond donors (Lipinski definition) is 1. The molecule has 3 aromatic rings. The number of piperazine rings is 1.